The van der Waals surface area contributed by atoms with E-state index in [1.54, 1.807) is 6.92 Å². The van der Waals surface area contributed by atoms with Crippen LogP contribution in [0.15, 0.2) is 29.2 Å². The minimum absolute atomic E-state index is 0.00432. The van der Waals surface area contributed by atoms with Crippen molar-refractivity contribution in [3.8, 4) is 5.75 Å². The second-order valence-electron chi connectivity index (χ2n) is 5.91. The smallest absolute Gasteiger partial charge is 0.465 e. The molecule has 11 heteroatoms. The highest BCUT2D eigenvalue weighted by molar-refractivity contribution is 7.89. The van der Waals surface area contributed by atoms with Gasteiger partial charge in [-0.3, -0.25) is 4.79 Å². The average Bonchev–Trinajstić information content (AvgIpc) is 3.06. The Morgan fingerprint density at radius 3 is 2.52 bits per heavy atom. The van der Waals surface area contributed by atoms with Crippen LogP contribution in [-0.4, -0.2) is 46.6 Å². The summed E-state index contributed by atoms with van der Waals surface area (Å²) in [6.45, 7) is 2.64. The van der Waals surface area contributed by atoms with E-state index in [1.165, 1.54) is 0 Å². The fraction of sp³-hybridized carbons (Fsp3) is 0.562. The van der Waals surface area contributed by atoms with Gasteiger partial charge in [-0.25, -0.2) is 8.42 Å². The van der Waals surface area contributed by atoms with Crippen molar-refractivity contribution in [3.63, 3.8) is 0 Å². The summed E-state index contributed by atoms with van der Waals surface area (Å²) in [5.41, 5.74) is 0. The van der Waals surface area contributed by atoms with E-state index in [0.717, 1.165) is 24.3 Å². The van der Waals surface area contributed by atoms with Gasteiger partial charge in [0.1, 0.15) is 11.8 Å². The fourth-order valence-corrected chi connectivity index (χ4v) is 3.81. The van der Waals surface area contributed by atoms with E-state index in [-0.39, 0.29) is 23.8 Å². The van der Waals surface area contributed by atoms with Gasteiger partial charge in [0.2, 0.25) is 10.0 Å². The van der Waals surface area contributed by atoms with E-state index < -0.39 is 34.1 Å². The molecule has 0 radical (unpaired) electrons. The second kappa shape index (κ2) is 8.89. The molecular weight excluding hydrogens is 391 g/mol. The first kappa shape index (κ1) is 21.5. The van der Waals surface area contributed by atoms with E-state index in [4.69, 9.17) is 9.47 Å². The van der Waals surface area contributed by atoms with Gasteiger partial charge in [-0.05, 0) is 49.9 Å². The molecule has 1 aromatic carbocycles. The summed E-state index contributed by atoms with van der Waals surface area (Å²) in [6.07, 6.45) is -3.98. The highest BCUT2D eigenvalue weighted by Gasteiger charge is 2.32. The summed E-state index contributed by atoms with van der Waals surface area (Å²) in [7, 11) is -4.15. The number of carbonyl (C=O) groups excluding carboxylic acids is 1. The average molecular weight is 411 g/mol. The molecule has 0 spiro atoms. The molecule has 1 aromatic rings. The number of alkyl halides is 3. The van der Waals surface area contributed by atoms with E-state index in [1.807, 2.05) is 0 Å². The molecule has 1 N–H and O–H groups in total. The zero-order chi connectivity index (χ0) is 20.1. The number of halogens is 3. The van der Waals surface area contributed by atoms with Crippen LogP contribution in [0.4, 0.5) is 13.2 Å². The van der Waals surface area contributed by atoms with Gasteiger partial charge in [-0.15, -0.1) is 13.2 Å². The number of sulfonamides is 1. The third-order valence-corrected chi connectivity index (χ3v) is 5.32. The van der Waals surface area contributed by atoms with Gasteiger partial charge < -0.3 is 14.2 Å². The van der Waals surface area contributed by atoms with E-state index in [0.29, 0.717) is 19.6 Å². The molecule has 27 heavy (non-hydrogen) atoms. The third-order valence-electron chi connectivity index (χ3n) is 3.83. The monoisotopic (exact) mass is 411 g/mol. The molecule has 1 saturated heterocycles. The third kappa shape index (κ3) is 6.67. The number of ether oxygens (including phenoxy) is 3. The molecule has 2 rings (SSSR count). The SMILES string of the molecule is CCOC(=O)C(CC1CCOC1)NS(=O)(=O)c1ccc(OC(F)(F)F)cc1. The lowest BCUT2D eigenvalue weighted by Gasteiger charge is -2.20. The first-order valence-electron chi connectivity index (χ1n) is 8.23. The van der Waals surface area contributed by atoms with Crippen LogP contribution in [0.5, 0.6) is 5.75 Å². The number of benzene rings is 1. The molecule has 1 heterocycles. The van der Waals surface area contributed by atoms with Crippen molar-refractivity contribution in [1.29, 1.82) is 0 Å². The van der Waals surface area contributed by atoms with Crippen molar-refractivity contribution in [2.45, 2.75) is 37.1 Å². The molecule has 7 nitrogen and oxygen atoms in total. The van der Waals surface area contributed by atoms with Crippen LogP contribution in [0.3, 0.4) is 0 Å². The molecule has 0 aliphatic carbocycles. The van der Waals surface area contributed by atoms with Crippen LogP contribution in [0.2, 0.25) is 0 Å². The van der Waals surface area contributed by atoms with Crippen molar-refractivity contribution >= 4 is 16.0 Å². The molecule has 1 aliphatic heterocycles. The normalized spacial score (nSPS) is 18.9. The number of rotatable bonds is 8. The van der Waals surface area contributed by atoms with Crippen molar-refractivity contribution in [3.05, 3.63) is 24.3 Å². The predicted molar refractivity (Wildman–Crippen MR) is 87.4 cm³/mol. The lowest BCUT2D eigenvalue weighted by Crippen LogP contribution is -2.43. The topological polar surface area (TPSA) is 90.9 Å². The summed E-state index contributed by atoms with van der Waals surface area (Å²) < 4.78 is 77.7. The van der Waals surface area contributed by atoms with Gasteiger partial charge >= 0.3 is 12.3 Å². The fourth-order valence-electron chi connectivity index (χ4n) is 2.61. The van der Waals surface area contributed by atoms with Gasteiger partial charge in [0.15, 0.2) is 0 Å². The Morgan fingerprint density at radius 2 is 2.00 bits per heavy atom. The predicted octanol–water partition coefficient (Wildman–Crippen LogP) is 2.22. The Morgan fingerprint density at radius 1 is 1.33 bits per heavy atom. The molecule has 2 unspecified atom stereocenters. The number of carbonyl (C=O) groups is 1. The van der Waals surface area contributed by atoms with Gasteiger partial charge in [0, 0.05) is 13.2 Å². The Labute approximate surface area is 154 Å². The Hall–Kier alpha value is -1.85. The zero-order valence-electron chi connectivity index (χ0n) is 14.5. The Bertz CT molecular complexity index is 730. The minimum Gasteiger partial charge on any atom is -0.465 e. The Balaban J connectivity index is 2.12. The minimum atomic E-state index is -4.88. The maximum absolute atomic E-state index is 12.5. The highest BCUT2D eigenvalue weighted by Crippen LogP contribution is 2.25. The first-order valence-corrected chi connectivity index (χ1v) is 9.71. The molecule has 0 amide bonds. The molecule has 1 aliphatic rings. The summed E-state index contributed by atoms with van der Waals surface area (Å²) in [4.78, 5) is 11.8. The molecular formula is C16H20F3NO6S. The lowest BCUT2D eigenvalue weighted by atomic mass is 10.00. The van der Waals surface area contributed by atoms with Crippen LogP contribution in [-0.2, 0) is 24.3 Å². The molecule has 1 fully saturated rings. The van der Waals surface area contributed by atoms with Gasteiger partial charge in [-0.2, -0.15) is 4.72 Å². The van der Waals surface area contributed by atoms with Crippen LogP contribution in [0, 0.1) is 5.92 Å². The van der Waals surface area contributed by atoms with Gasteiger partial charge in [-0.1, -0.05) is 0 Å². The molecule has 2 atom stereocenters. The molecule has 0 bridgehead atoms. The van der Waals surface area contributed by atoms with E-state index in [2.05, 4.69) is 9.46 Å². The van der Waals surface area contributed by atoms with Crippen molar-refractivity contribution in [1.82, 2.24) is 4.72 Å². The maximum Gasteiger partial charge on any atom is 0.573 e. The summed E-state index contributed by atoms with van der Waals surface area (Å²) in [5.74, 6) is -1.26. The maximum atomic E-state index is 12.5. The van der Waals surface area contributed by atoms with E-state index >= 15 is 0 Å². The van der Waals surface area contributed by atoms with Crippen molar-refractivity contribution < 1.29 is 40.6 Å². The second-order valence-corrected chi connectivity index (χ2v) is 7.62. The van der Waals surface area contributed by atoms with Gasteiger partial charge in [0.25, 0.3) is 0 Å². The molecule has 152 valence electrons. The zero-order valence-corrected chi connectivity index (χ0v) is 15.3. The van der Waals surface area contributed by atoms with Crippen molar-refractivity contribution in [2.75, 3.05) is 19.8 Å². The standard InChI is InChI=1S/C16H20F3NO6S/c1-2-25-15(21)14(9-11-7-8-24-10-11)20-27(22,23)13-5-3-12(4-6-13)26-16(17,18)19/h3-6,11,14,20H,2,7-10H2,1H3. The highest BCUT2D eigenvalue weighted by atomic mass is 32.2. The Kier molecular flexibility index (Phi) is 7.06. The summed E-state index contributed by atoms with van der Waals surface area (Å²) >= 11 is 0. The quantitative estimate of drug-likeness (QED) is 0.660. The number of hydrogen-bond donors (Lipinski definition) is 1. The first-order chi connectivity index (χ1) is 12.6. The lowest BCUT2D eigenvalue weighted by molar-refractivity contribution is -0.274. The number of hydrogen-bond acceptors (Lipinski definition) is 6. The van der Waals surface area contributed by atoms with Crippen LogP contribution in [0.1, 0.15) is 19.8 Å². The summed E-state index contributed by atoms with van der Waals surface area (Å²) in [6, 6.07) is 2.57. The van der Waals surface area contributed by atoms with Crippen molar-refractivity contribution in [2.24, 2.45) is 5.92 Å². The summed E-state index contributed by atoms with van der Waals surface area (Å²) in [5, 5.41) is 0. The van der Waals surface area contributed by atoms with Gasteiger partial charge in [0.05, 0.1) is 11.5 Å². The largest absolute Gasteiger partial charge is 0.573 e. The molecule has 0 saturated carbocycles. The molecule has 0 aromatic heterocycles. The number of nitrogens with one attached hydrogen (secondary N) is 1. The van der Waals surface area contributed by atoms with E-state index in [9.17, 15) is 26.4 Å². The van der Waals surface area contributed by atoms with Crippen LogP contribution in [0.25, 0.3) is 0 Å². The van der Waals surface area contributed by atoms with Crippen LogP contribution < -0.4 is 9.46 Å². The van der Waals surface area contributed by atoms with Crippen LogP contribution >= 0.6 is 0 Å². The number of esters is 1.